The van der Waals surface area contributed by atoms with E-state index in [0.29, 0.717) is 0 Å². The normalized spacial score (nSPS) is 12.1. The third-order valence-electron chi connectivity index (χ3n) is 3.33. The number of benzene rings is 2. The van der Waals surface area contributed by atoms with E-state index in [4.69, 9.17) is 0 Å². The molecule has 0 aliphatic rings. The lowest BCUT2D eigenvalue weighted by Crippen LogP contribution is -2.06. The van der Waals surface area contributed by atoms with Crippen molar-refractivity contribution in [3.8, 4) is 0 Å². The van der Waals surface area contributed by atoms with E-state index in [1.807, 2.05) is 18.2 Å². The van der Waals surface area contributed by atoms with Gasteiger partial charge in [0.25, 0.3) is 0 Å². The summed E-state index contributed by atoms with van der Waals surface area (Å²) in [6.45, 7) is 4.13. The summed E-state index contributed by atoms with van der Waals surface area (Å²) in [6, 6.07) is 16.5. The molecule has 2 aromatic carbocycles. The van der Waals surface area contributed by atoms with Gasteiger partial charge in [-0.2, -0.15) is 0 Å². The van der Waals surface area contributed by atoms with E-state index in [9.17, 15) is 4.79 Å². The van der Waals surface area contributed by atoms with Crippen LogP contribution < -0.4 is 0 Å². The number of carbonyl (C=O) groups excluding carboxylic acids is 1. The fourth-order valence-electron chi connectivity index (χ4n) is 2.21. The smallest absolute Gasteiger partial charge is 0.127 e. The molecule has 1 atom stereocenters. The van der Waals surface area contributed by atoms with E-state index in [1.165, 1.54) is 16.7 Å². The van der Waals surface area contributed by atoms with Gasteiger partial charge in [0.05, 0.1) is 0 Å². The monoisotopic (exact) mass is 238 g/mol. The lowest BCUT2D eigenvalue weighted by atomic mass is 9.90. The van der Waals surface area contributed by atoms with Crippen LogP contribution in [0.2, 0.25) is 0 Å². The standard InChI is InChI=1S/C17H18O/c1-13-7-9-15(10-8-13)11-16(12-18)17-6-4-3-5-14(17)2/h3-10,12,16H,11H2,1-2H3. The molecular weight excluding hydrogens is 220 g/mol. The van der Waals surface area contributed by atoms with Crippen LogP contribution in [0.1, 0.15) is 28.2 Å². The zero-order valence-electron chi connectivity index (χ0n) is 10.9. The molecule has 92 valence electrons. The van der Waals surface area contributed by atoms with Crippen molar-refractivity contribution < 1.29 is 4.79 Å². The molecule has 1 unspecified atom stereocenters. The lowest BCUT2D eigenvalue weighted by Gasteiger charge is -2.13. The first-order valence-corrected chi connectivity index (χ1v) is 6.27. The van der Waals surface area contributed by atoms with E-state index >= 15 is 0 Å². The van der Waals surface area contributed by atoms with Gasteiger partial charge in [0.1, 0.15) is 6.29 Å². The zero-order valence-corrected chi connectivity index (χ0v) is 10.9. The van der Waals surface area contributed by atoms with Crippen molar-refractivity contribution in [2.24, 2.45) is 0 Å². The van der Waals surface area contributed by atoms with Crippen molar-refractivity contribution in [2.75, 3.05) is 0 Å². The van der Waals surface area contributed by atoms with Crippen molar-refractivity contribution in [1.82, 2.24) is 0 Å². The molecule has 0 aliphatic heterocycles. The maximum atomic E-state index is 11.3. The second-order valence-corrected chi connectivity index (χ2v) is 4.79. The van der Waals surface area contributed by atoms with Gasteiger partial charge in [-0.1, -0.05) is 54.1 Å². The maximum absolute atomic E-state index is 11.3. The van der Waals surface area contributed by atoms with Crippen LogP contribution in [-0.2, 0) is 11.2 Å². The van der Waals surface area contributed by atoms with E-state index < -0.39 is 0 Å². The Hall–Kier alpha value is -1.89. The molecule has 0 aliphatic carbocycles. The molecular formula is C17H18O. The minimum atomic E-state index is -0.0473. The summed E-state index contributed by atoms with van der Waals surface area (Å²) in [5.74, 6) is -0.0473. The fourth-order valence-corrected chi connectivity index (χ4v) is 2.21. The molecule has 2 aromatic rings. The van der Waals surface area contributed by atoms with Crippen LogP contribution in [0.4, 0.5) is 0 Å². The van der Waals surface area contributed by atoms with Crippen LogP contribution in [0, 0.1) is 13.8 Å². The van der Waals surface area contributed by atoms with Crippen molar-refractivity contribution >= 4 is 6.29 Å². The Labute approximate surface area is 108 Å². The van der Waals surface area contributed by atoms with Gasteiger partial charge in [0, 0.05) is 5.92 Å². The van der Waals surface area contributed by atoms with Gasteiger partial charge in [-0.05, 0) is 37.0 Å². The van der Waals surface area contributed by atoms with Crippen LogP contribution in [-0.4, -0.2) is 6.29 Å². The summed E-state index contributed by atoms with van der Waals surface area (Å²) in [4.78, 5) is 11.3. The van der Waals surface area contributed by atoms with E-state index in [1.54, 1.807) is 0 Å². The van der Waals surface area contributed by atoms with Crippen LogP contribution in [0.25, 0.3) is 0 Å². The quantitative estimate of drug-likeness (QED) is 0.740. The average Bonchev–Trinajstić information content (AvgIpc) is 2.39. The zero-order chi connectivity index (χ0) is 13.0. The van der Waals surface area contributed by atoms with Crippen molar-refractivity contribution in [1.29, 1.82) is 0 Å². The minimum Gasteiger partial charge on any atom is -0.303 e. The Balaban J connectivity index is 2.22. The molecule has 1 nitrogen and oxygen atoms in total. The predicted octanol–water partition coefficient (Wildman–Crippen LogP) is 3.83. The van der Waals surface area contributed by atoms with E-state index in [0.717, 1.165) is 18.3 Å². The molecule has 18 heavy (non-hydrogen) atoms. The van der Waals surface area contributed by atoms with Crippen LogP contribution in [0.15, 0.2) is 48.5 Å². The SMILES string of the molecule is Cc1ccc(CC(C=O)c2ccccc2C)cc1. The molecule has 0 amide bonds. The molecule has 0 fully saturated rings. The van der Waals surface area contributed by atoms with Crippen LogP contribution in [0.3, 0.4) is 0 Å². The Bertz CT molecular complexity index is 526. The fraction of sp³-hybridized carbons (Fsp3) is 0.235. The molecule has 0 radical (unpaired) electrons. The van der Waals surface area contributed by atoms with E-state index in [2.05, 4.69) is 44.2 Å². The molecule has 0 saturated heterocycles. The first kappa shape index (κ1) is 12.6. The van der Waals surface area contributed by atoms with Crippen molar-refractivity contribution in [3.05, 3.63) is 70.8 Å². The van der Waals surface area contributed by atoms with Crippen LogP contribution >= 0.6 is 0 Å². The summed E-state index contributed by atoms with van der Waals surface area (Å²) in [7, 11) is 0. The first-order valence-electron chi connectivity index (χ1n) is 6.27. The van der Waals surface area contributed by atoms with Gasteiger partial charge in [-0.15, -0.1) is 0 Å². The molecule has 0 N–H and O–H groups in total. The van der Waals surface area contributed by atoms with Gasteiger partial charge in [-0.3, -0.25) is 0 Å². The Morgan fingerprint density at radius 2 is 1.67 bits per heavy atom. The summed E-state index contributed by atoms with van der Waals surface area (Å²) >= 11 is 0. The first-order chi connectivity index (χ1) is 8.70. The minimum absolute atomic E-state index is 0.0473. The summed E-state index contributed by atoms with van der Waals surface area (Å²) in [6.07, 6.45) is 1.83. The largest absolute Gasteiger partial charge is 0.303 e. The summed E-state index contributed by atoms with van der Waals surface area (Å²) in [5.41, 5.74) is 4.77. The Kier molecular flexibility index (Phi) is 3.93. The number of hydrogen-bond acceptors (Lipinski definition) is 1. The molecule has 2 rings (SSSR count). The highest BCUT2D eigenvalue weighted by molar-refractivity contribution is 5.64. The molecule has 0 spiro atoms. The number of rotatable bonds is 4. The highest BCUT2D eigenvalue weighted by atomic mass is 16.1. The number of hydrogen-bond donors (Lipinski definition) is 0. The lowest BCUT2D eigenvalue weighted by molar-refractivity contribution is -0.109. The molecule has 0 aromatic heterocycles. The number of aryl methyl sites for hydroxylation is 2. The van der Waals surface area contributed by atoms with Gasteiger partial charge in [0.2, 0.25) is 0 Å². The van der Waals surface area contributed by atoms with Crippen LogP contribution in [0.5, 0.6) is 0 Å². The molecule has 0 saturated carbocycles. The number of carbonyl (C=O) groups is 1. The van der Waals surface area contributed by atoms with Gasteiger partial charge in [0.15, 0.2) is 0 Å². The molecule has 0 bridgehead atoms. The topological polar surface area (TPSA) is 17.1 Å². The van der Waals surface area contributed by atoms with Gasteiger partial charge in [-0.25, -0.2) is 0 Å². The van der Waals surface area contributed by atoms with Crippen molar-refractivity contribution in [2.45, 2.75) is 26.2 Å². The second kappa shape index (κ2) is 5.63. The van der Waals surface area contributed by atoms with Crippen molar-refractivity contribution in [3.63, 3.8) is 0 Å². The summed E-state index contributed by atoms with van der Waals surface area (Å²) in [5, 5.41) is 0. The Morgan fingerprint density at radius 1 is 1.00 bits per heavy atom. The second-order valence-electron chi connectivity index (χ2n) is 4.79. The maximum Gasteiger partial charge on any atom is 0.127 e. The molecule has 0 heterocycles. The third-order valence-corrected chi connectivity index (χ3v) is 3.33. The van der Waals surface area contributed by atoms with Gasteiger partial charge < -0.3 is 4.79 Å². The van der Waals surface area contributed by atoms with Gasteiger partial charge >= 0.3 is 0 Å². The number of aldehydes is 1. The third kappa shape index (κ3) is 2.86. The Morgan fingerprint density at radius 3 is 2.28 bits per heavy atom. The average molecular weight is 238 g/mol. The molecule has 1 heteroatoms. The summed E-state index contributed by atoms with van der Waals surface area (Å²) < 4.78 is 0. The van der Waals surface area contributed by atoms with E-state index in [-0.39, 0.29) is 5.92 Å². The highest BCUT2D eigenvalue weighted by Crippen LogP contribution is 2.22. The highest BCUT2D eigenvalue weighted by Gasteiger charge is 2.13. The predicted molar refractivity (Wildman–Crippen MR) is 74.9 cm³/mol.